The minimum Gasteiger partial charge on any atom is -0.344 e. The minimum absolute atomic E-state index is 0.258. The number of fused-ring (bicyclic) bond motifs is 4. The van der Waals surface area contributed by atoms with E-state index in [4.69, 9.17) is 15.0 Å². The van der Waals surface area contributed by atoms with Gasteiger partial charge in [-0.05, 0) is 55.9 Å². The van der Waals surface area contributed by atoms with E-state index in [9.17, 15) is 0 Å². The summed E-state index contributed by atoms with van der Waals surface area (Å²) in [5.74, 6) is 1.50. The van der Waals surface area contributed by atoms with E-state index in [-0.39, 0.29) is 6.17 Å². The van der Waals surface area contributed by atoms with Crippen LogP contribution in [0.2, 0.25) is 0 Å². The maximum absolute atomic E-state index is 5.55. The summed E-state index contributed by atoms with van der Waals surface area (Å²) in [6.07, 6.45) is -0.258. The van der Waals surface area contributed by atoms with Crippen molar-refractivity contribution in [1.82, 2.24) is 10.3 Å². The predicted octanol–water partition coefficient (Wildman–Crippen LogP) is 12.0. The summed E-state index contributed by atoms with van der Waals surface area (Å²) in [5, 5.41) is 9.44. The number of hydrogen-bond acceptors (Lipinski definition) is 4. The molecule has 8 aromatic carbocycles. The summed E-state index contributed by atoms with van der Waals surface area (Å²) in [5.41, 5.74) is 10.6. The fourth-order valence-corrected chi connectivity index (χ4v) is 7.67. The molecule has 1 aliphatic heterocycles. The Bertz CT molecular complexity index is 2870. The van der Waals surface area contributed by atoms with Gasteiger partial charge in [0.15, 0.2) is 5.84 Å². The van der Waals surface area contributed by atoms with Crippen LogP contribution in [0.15, 0.2) is 204 Å². The van der Waals surface area contributed by atoms with Crippen molar-refractivity contribution in [1.29, 1.82) is 0 Å². The Hall–Kier alpha value is -7.17. The van der Waals surface area contributed by atoms with E-state index in [2.05, 4.69) is 163 Å². The van der Waals surface area contributed by atoms with Crippen LogP contribution < -0.4 is 5.32 Å². The van der Waals surface area contributed by atoms with Crippen LogP contribution in [0.4, 0.5) is 0 Å². The lowest BCUT2D eigenvalue weighted by Gasteiger charge is -2.23. The van der Waals surface area contributed by atoms with Gasteiger partial charge in [-0.1, -0.05) is 182 Å². The third-order valence-electron chi connectivity index (χ3n) is 10.3. The molecule has 0 fully saturated rings. The number of nitrogens with zero attached hydrogens (tertiary/aromatic N) is 3. The molecule has 1 aromatic heterocycles. The summed E-state index contributed by atoms with van der Waals surface area (Å²) >= 11 is 0. The van der Waals surface area contributed by atoms with Gasteiger partial charge >= 0.3 is 0 Å². The molecule has 2 heterocycles. The largest absolute Gasteiger partial charge is 0.344 e. The van der Waals surface area contributed by atoms with E-state index in [0.717, 1.165) is 66.9 Å². The van der Waals surface area contributed by atoms with Crippen LogP contribution in [0.3, 0.4) is 0 Å². The molecule has 10 rings (SSSR count). The summed E-state index contributed by atoms with van der Waals surface area (Å²) in [4.78, 5) is 15.7. The fourth-order valence-electron chi connectivity index (χ4n) is 7.67. The number of benzene rings is 8. The third-order valence-corrected chi connectivity index (χ3v) is 10.3. The molecule has 0 radical (unpaired) electrons. The van der Waals surface area contributed by atoms with Gasteiger partial charge < -0.3 is 5.32 Å². The van der Waals surface area contributed by atoms with Crippen LogP contribution in [0, 0.1) is 0 Å². The summed E-state index contributed by atoms with van der Waals surface area (Å²) in [6.45, 7) is 0. The van der Waals surface area contributed by atoms with Gasteiger partial charge in [0.2, 0.25) is 0 Å². The van der Waals surface area contributed by atoms with Crippen LogP contribution >= 0.6 is 0 Å². The standard InChI is InChI=1S/C50H34N4/c1-4-15-34(16-5-1)43-32-45(42-26-14-23-33-17-10-12-24-40(33)42)51-47-44(31-39-22-11-13-25-41(39)46(43)47)35-27-29-38(30-28-35)50-53-48(36-18-6-2-7-19-36)52-49(54-50)37-20-8-3-9-21-37/h1-32,48H,(H,52,53,54). The molecule has 54 heavy (non-hydrogen) atoms. The first kappa shape index (κ1) is 31.6. The van der Waals surface area contributed by atoms with E-state index in [1.54, 1.807) is 0 Å². The van der Waals surface area contributed by atoms with Gasteiger partial charge in [-0.25, -0.2) is 15.0 Å². The van der Waals surface area contributed by atoms with Crippen LogP contribution in [0.25, 0.3) is 66.0 Å². The summed E-state index contributed by atoms with van der Waals surface area (Å²) in [7, 11) is 0. The Morgan fingerprint density at radius 2 is 1.02 bits per heavy atom. The minimum atomic E-state index is -0.258. The van der Waals surface area contributed by atoms with Crippen molar-refractivity contribution >= 4 is 44.1 Å². The second kappa shape index (κ2) is 13.4. The first-order valence-electron chi connectivity index (χ1n) is 18.3. The van der Waals surface area contributed by atoms with E-state index in [1.165, 1.54) is 21.5 Å². The Morgan fingerprint density at radius 3 is 1.78 bits per heavy atom. The number of nitrogens with one attached hydrogen (secondary N) is 1. The Kier molecular flexibility index (Phi) is 7.85. The number of amidine groups is 2. The molecule has 0 bridgehead atoms. The molecule has 254 valence electrons. The second-order valence-electron chi connectivity index (χ2n) is 13.6. The molecular formula is C50H34N4. The molecule has 1 aliphatic rings. The summed E-state index contributed by atoms with van der Waals surface area (Å²) < 4.78 is 0. The predicted molar refractivity (Wildman–Crippen MR) is 225 cm³/mol. The number of aromatic nitrogens is 1. The number of rotatable bonds is 6. The van der Waals surface area contributed by atoms with Crippen molar-refractivity contribution in [3.8, 4) is 33.5 Å². The maximum Gasteiger partial charge on any atom is 0.159 e. The molecule has 0 saturated carbocycles. The van der Waals surface area contributed by atoms with Gasteiger partial charge in [0.25, 0.3) is 0 Å². The SMILES string of the molecule is c1ccc(C2=NC(c3ccc(-c4cc5ccccc5c5c(-c6ccccc6)cc(-c6cccc7ccccc67)nc45)cc3)=NC(c3ccccc3)N2)cc1. The first-order chi connectivity index (χ1) is 26.8. The lowest BCUT2D eigenvalue weighted by Crippen LogP contribution is -2.33. The third kappa shape index (κ3) is 5.71. The molecule has 1 unspecified atom stereocenters. The smallest absolute Gasteiger partial charge is 0.159 e. The highest BCUT2D eigenvalue weighted by Gasteiger charge is 2.22. The Balaban J connectivity index is 1.17. The number of aliphatic imine (C=N–C) groups is 2. The monoisotopic (exact) mass is 690 g/mol. The highest BCUT2D eigenvalue weighted by atomic mass is 15.2. The van der Waals surface area contributed by atoms with Crippen molar-refractivity contribution in [3.63, 3.8) is 0 Å². The average Bonchev–Trinajstić information content (AvgIpc) is 3.26. The zero-order valence-corrected chi connectivity index (χ0v) is 29.4. The van der Waals surface area contributed by atoms with Gasteiger partial charge in [-0.3, -0.25) is 0 Å². The Labute approximate surface area is 313 Å². The molecule has 4 nitrogen and oxygen atoms in total. The highest BCUT2D eigenvalue weighted by molar-refractivity contribution is 6.19. The van der Waals surface area contributed by atoms with E-state index in [1.807, 2.05) is 36.4 Å². The van der Waals surface area contributed by atoms with Crippen molar-refractivity contribution in [2.24, 2.45) is 9.98 Å². The fraction of sp³-hybridized carbons (Fsp3) is 0.0200. The quantitative estimate of drug-likeness (QED) is 0.177. The topological polar surface area (TPSA) is 49.6 Å². The number of pyridine rings is 1. The highest BCUT2D eigenvalue weighted by Crippen LogP contribution is 2.42. The Morgan fingerprint density at radius 1 is 0.426 bits per heavy atom. The molecule has 0 saturated heterocycles. The van der Waals surface area contributed by atoms with Crippen molar-refractivity contribution in [2.45, 2.75) is 6.17 Å². The maximum atomic E-state index is 5.55. The molecule has 0 spiro atoms. The zero-order valence-electron chi connectivity index (χ0n) is 29.4. The molecule has 0 aliphatic carbocycles. The van der Waals surface area contributed by atoms with Crippen molar-refractivity contribution in [2.75, 3.05) is 0 Å². The van der Waals surface area contributed by atoms with Crippen LogP contribution in [0.5, 0.6) is 0 Å². The van der Waals surface area contributed by atoms with Crippen LogP contribution in [-0.2, 0) is 0 Å². The van der Waals surface area contributed by atoms with Crippen molar-refractivity contribution in [3.05, 3.63) is 211 Å². The lowest BCUT2D eigenvalue weighted by molar-refractivity contribution is 0.674. The molecule has 9 aromatic rings. The van der Waals surface area contributed by atoms with Gasteiger partial charge in [-0.15, -0.1) is 0 Å². The van der Waals surface area contributed by atoms with Crippen LogP contribution in [-0.4, -0.2) is 16.7 Å². The summed E-state index contributed by atoms with van der Waals surface area (Å²) in [6, 6.07) is 68.2. The zero-order chi connectivity index (χ0) is 35.8. The average molecular weight is 691 g/mol. The van der Waals surface area contributed by atoms with Gasteiger partial charge in [0, 0.05) is 27.6 Å². The molecule has 1 N–H and O–H groups in total. The molecule has 1 atom stereocenters. The van der Waals surface area contributed by atoms with Crippen LogP contribution in [0.1, 0.15) is 22.9 Å². The van der Waals surface area contributed by atoms with E-state index < -0.39 is 0 Å². The van der Waals surface area contributed by atoms with E-state index in [0.29, 0.717) is 5.84 Å². The van der Waals surface area contributed by atoms with Crippen molar-refractivity contribution < 1.29 is 0 Å². The lowest BCUT2D eigenvalue weighted by atomic mass is 9.90. The molecule has 0 amide bonds. The molecular weight excluding hydrogens is 657 g/mol. The van der Waals surface area contributed by atoms with Gasteiger partial charge in [0.05, 0.1) is 11.2 Å². The molecule has 4 heteroatoms. The first-order valence-corrected chi connectivity index (χ1v) is 18.3. The normalized spacial score (nSPS) is 14.1. The van der Waals surface area contributed by atoms with E-state index >= 15 is 0 Å². The number of hydrogen-bond donors (Lipinski definition) is 1. The second-order valence-corrected chi connectivity index (χ2v) is 13.6. The van der Waals surface area contributed by atoms with Gasteiger partial charge in [-0.2, -0.15) is 0 Å². The van der Waals surface area contributed by atoms with Gasteiger partial charge in [0.1, 0.15) is 12.0 Å².